The molecule has 4 heteroatoms. The molecular weight excluding hydrogens is 296 g/mol. The number of rotatable bonds is 7. The van der Waals surface area contributed by atoms with Crippen molar-refractivity contribution >= 4 is 21.9 Å². The van der Waals surface area contributed by atoms with Crippen molar-refractivity contribution in [1.82, 2.24) is 0 Å². The molecule has 0 aromatic heterocycles. The lowest BCUT2D eigenvalue weighted by molar-refractivity contribution is 0.0525. The van der Waals surface area contributed by atoms with Gasteiger partial charge in [-0.3, -0.25) is 0 Å². The van der Waals surface area contributed by atoms with E-state index < -0.39 is 0 Å². The molecule has 0 amide bonds. The Bertz CT molecular complexity index is 391. The summed E-state index contributed by atoms with van der Waals surface area (Å²) in [6, 6.07) is 5.53. The molecule has 0 bridgehead atoms. The Morgan fingerprint density at radius 1 is 1.28 bits per heavy atom. The molecule has 0 saturated carbocycles. The number of ether oxygens (including phenoxy) is 2. The molecule has 0 fully saturated rings. The highest BCUT2D eigenvalue weighted by Crippen LogP contribution is 2.20. The first-order valence-corrected chi connectivity index (χ1v) is 7.33. The third-order valence-corrected chi connectivity index (χ3v) is 3.02. The normalized spacial score (nSPS) is 10.2. The molecule has 0 aliphatic heterocycles. The lowest BCUT2D eigenvalue weighted by Crippen LogP contribution is -2.09. The van der Waals surface area contributed by atoms with Crippen molar-refractivity contribution in [3.8, 4) is 5.75 Å². The molecule has 100 valence electrons. The van der Waals surface area contributed by atoms with Crippen LogP contribution >= 0.6 is 15.9 Å². The van der Waals surface area contributed by atoms with Gasteiger partial charge < -0.3 is 9.47 Å². The number of alkyl halides is 1. The molecule has 18 heavy (non-hydrogen) atoms. The molecule has 0 radical (unpaired) electrons. The molecule has 0 saturated heterocycles. The first-order chi connectivity index (χ1) is 8.72. The minimum Gasteiger partial charge on any atom is -0.494 e. The lowest BCUT2D eigenvalue weighted by Gasteiger charge is -2.11. The van der Waals surface area contributed by atoms with Gasteiger partial charge in [0, 0.05) is 5.33 Å². The van der Waals surface area contributed by atoms with Crippen LogP contribution in [0.4, 0.5) is 0 Å². The zero-order valence-electron chi connectivity index (χ0n) is 10.9. The van der Waals surface area contributed by atoms with Crippen LogP contribution in [0, 0.1) is 0 Å². The minimum absolute atomic E-state index is 0.259. The number of carbonyl (C=O) groups is 1. The molecule has 0 heterocycles. The minimum atomic E-state index is -0.259. The van der Waals surface area contributed by atoms with E-state index in [1.54, 1.807) is 6.07 Å². The summed E-state index contributed by atoms with van der Waals surface area (Å²) in [6.45, 7) is 4.77. The largest absolute Gasteiger partial charge is 0.494 e. The maximum Gasteiger partial charge on any atom is 0.338 e. The number of esters is 1. The van der Waals surface area contributed by atoms with Crippen LogP contribution in [-0.2, 0) is 11.2 Å². The average molecular weight is 315 g/mol. The highest BCUT2D eigenvalue weighted by molar-refractivity contribution is 9.09. The van der Waals surface area contributed by atoms with E-state index in [0.29, 0.717) is 18.8 Å². The predicted octanol–water partition coefficient (Wildman–Crippen LogP) is 3.59. The maximum absolute atomic E-state index is 11.8. The van der Waals surface area contributed by atoms with E-state index in [9.17, 15) is 4.79 Å². The molecule has 1 aromatic rings. The third-order valence-electron chi connectivity index (χ3n) is 2.46. The van der Waals surface area contributed by atoms with E-state index in [-0.39, 0.29) is 5.97 Å². The number of hydrogen-bond acceptors (Lipinski definition) is 3. The van der Waals surface area contributed by atoms with Crippen LogP contribution < -0.4 is 4.74 Å². The quantitative estimate of drug-likeness (QED) is 0.570. The third kappa shape index (κ3) is 4.33. The van der Waals surface area contributed by atoms with E-state index in [4.69, 9.17) is 9.47 Å². The molecule has 0 aliphatic rings. The second-order valence-corrected chi connectivity index (χ2v) is 4.56. The molecule has 0 spiro atoms. The fourth-order valence-corrected chi connectivity index (χ4v) is 1.98. The Kier molecular flexibility index (Phi) is 6.80. The van der Waals surface area contributed by atoms with Gasteiger partial charge in [-0.15, -0.1) is 0 Å². The van der Waals surface area contributed by atoms with Crippen LogP contribution in [0.5, 0.6) is 5.75 Å². The van der Waals surface area contributed by atoms with Crippen LogP contribution in [0.2, 0.25) is 0 Å². The van der Waals surface area contributed by atoms with Crippen LogP contribution in [0.15, 0.2) is 18.2 Å². The van der Waals surface area contributed by atoms with E-state index in [1.807, 2.05) is 26.0 Å². The van der Waals surface area contributed by atoms with Crippen molar-refractivity contribution in [3.63, 3.8) is 0 Å². The molecular formula is C14H19BrO3. The highest BCUT2D eigenvalue weighted by atomic mass is 79.9. The summed E-state index contributed by atoms with van der Waals surface area (Å²) in [5.74, 6) is 0.542. The smallest absolute Gasteiger partial charge is 0.338 e. The Labute approximate surface area is 117 Å². The topological polar surface area (TPSA) is 35.5 Å². The average Bonchev–Trinajstić information content (AvgIpc) is 2.37. The van der Waals surface area contributed by atoms with Crippen molar-refractivity contribution in [1.29, 1.82) is 0 Å². The van der Waals surface area contributed by atoms with Crippen LogP contribution in [0.25, 0.3) is 0 Å². The second kappa shape index (κ2) is 8.14. The van der Waals surface area contributed by atoms with E-state index in [1.165, 1.54) is 0 Å². The van der Waals surface area contributed by atoms with Gasteiger partial charge in [-0.05, 0) is 50.5 Å². The van der Waals surface area contributed by atoms with Gasteiger partial charge in [-0.1, -0.05) is 15.9 Å². The molecule has 0 aliphatic carbocycles. The van der Waals surface area contributed by atoms with Gasteiger partial charge in [-0.2, -0.15) is 0 Å². The van der Waals surface area contributed by atoms with Crippen LogP contribution in [0.1, 0.15) is 36.2 Å². The Morgan fingerprint density at radius 2 is 2.06 bits per heavy atom. The molecule has 1 rings (SSSR count). The number of benzene rings is 1. The molecule has 1 aromatic carbocycles. The summed E-state index contributed by atoms with van der Waals surface area (Å²) in [7, 11) is 0. The second-order valence-electron chi connectivity index (χ2n) is 3.76. The molecule has 3 nitrogen and oxygen atoms in total. The summed E-state index contributed by atoms with van der Waals surface area (Å²) < 4.78 is 10.5. The Morgan fingerprint density at radius 3 is 2.67 bits per heavy atom. The maximum atomic E-state index is 11.8. The van der Waals surface area contributed by atoms with E-state index in [0.717, 1.165) is 29.5 Å². The van der Waals surface area contributed by atoms with Gasteiger partial charge in [0.2, 0.25) is 0 Å². The standard InChI is InChI=1S/C14H19BrO3/c1-3-17-12-7-8-13(14(16)18-4-2)11(10-12)6-5-9-15/h7-8,10H,3-6,9H2,1-2H3. The number of halogens is 1. The van der Waals surface area contributed by atoms with Crippen molar-refractivity contribution in [2.75, 3.05) is 18.5 Å². The number of carbonyl (C=O) groups excluding carboxylic acids is 1. The summed E-state index contributed by atoms with van der Waals surface area (Å²) in [4.78, 5) is 11.8. The van der Waals surface area contributed by atoms with Gasteiger partial charge in [0.1, 0.15) is 5.75 Å². The fraction of sp³-hybridized carbons (Fsp3) is 0.500. The Hall–Kier alpha value is -1.03. The van der Waals surface area contributed by atoms with Gasteiger partial charge in [-0.25, -0.2) is 4.79 Å². The van der Waals surface area contributed by atoms with Gasteiger partial charge in [0.25, 0.3) is 0 Å². The molecule has 0 atom stereocenters. The van der Waals surface area contributed by atoms with Gasteiger partial charge in [0.15, 0.2) is 0 Å². The summed E-state index contributed by atoms with van der Waals surface area (Å²) in [5.41, 5.74) is 1.63. The highest BCUT2D eigenvalue weighted by Gasteiger charge is 2.13. The first-order valence-electron chi connectivity index (χ1n) is 6.21. The summed E-state index contributed by atoms with van der Waals surface area (Å²) in [5, 5.41) is 0.911. The monoisotopic (exact) mass is 314 g/mol. The van der Waals surface area contributed by atoms with E-state index >= 15 is 0 Å². The SMILES string of the molecule is CCOC(=O)c1ccc(OCC)cc1CCCBr. The zero-order valence-corrected chi connectivity index (χ0v) is 12.5. The van der Waals surface area contributed by atoms with Crippen molar-refractivity contribution < 1.29 is 14.3 Å². The summed E-state index contributed by atoms with van der Waals surface area (Å²) >= 11 is 3.40. The van der Waals surface area contributed by atoms with E-state index in [2.05, 4.69) is 15.9 Å². The zero-order chi connectivity index (χ0) is 13.4. The lowest BCUT2D eigenvalue weighted by atomic mass is 10.0. The first kappa shape index (κ1) is 15.0. The van der Waals surface area contributed by atoms with Crippen molar-refractivity contribution in [2.24, 2.45) is 0 Å². The van der Waals surface area contributed by atoms with Crippen molar-refractivity contribution in [3.05, 3.63) is 29.3 Å². The molecule has 0 N–H and O–H groups in total. The van der Waals surface area contributed by atoms with Crippen molar-refractivity contribution in [2.45, 2.75) is 26.7 Å². The number of aryl methyl sites for hydroxylation is 1. The molecule has 0 unspecified atom stereocenters. The van der Waals surface area contributed by atoms with Crippen LogP contribution in [-0.4, -0.2) is 24.5 Å². The van der Waals surface area contributed by atoms with Gasteiger partial charge in [0.05, 0.1) is 18.8 Å². The van der Waals surface area contributed by atoms with Gasteiger partial charge >= 0.3 is 5.97 Å². The predicted molar refractivity (Wildman–Crippen MR) is 75.7 cm³/mol. The number of hydrogen-bond donors (Lipinski definition) is 0. The Balaban J connectivity index is 2.95. The van der Waals surface area contributed by atoms with Crippen LogP contribution in [0.3, 0.4) is 0 Å². The summed E-state index contributed by atoms with van der Waals surface area (Å²) in [6.07, 6.45) is 1.81. The fourth-order valence-electron chi connectivity index (χ4n) is 1.70.